The molecule has 18 heavy (non-hydrogen) atoms. The number of cyclic esters (lactones) is 1. The number of benzene rings is 1. The van der Waals surface area contributed by atoms with E-state index in [1.807, 2.05) is 12.1 Å². The molecule has 1 atom stereocenters. The van der Waals surface area contributed by atoms with Gasteiger partial charge in [0.25, 0.3) is 0 Å². The molecule has 0 saturated heterocycles. The molecule has 1 unspecified atom stereocenters. The second kappa shape index (κ2) is 5.67. The normalized spacial score (nSPS) is 17.2. The van der Waals surface area contributed by atoms with Gasteiger partial charge in [0.2, 0.25) is 5.91 Å². The molecule has 2 rings (SSSR count). The molecule has 0 aromatic heterocycles. The van der Waals surface area contributed by atoms with Gasteiger partial charge in [-0.05, 0) is 12.5 Å². The van der Waals surface area contributed by atoms with Gasteiger partial charge in [-0.3, -0.25) is 4.79 Å². The van der Waals surface area contributed by atoms with E-state index in [9.17, 15) is 9.59 Å². The van der Waals surface area contributed by atoms with Crippen molar-refractivity contribution < 1.29 is 14.3 Å². The highest BCUT2D eigenvalue weighted by Crippen LogP contribution is 2.32. The van der Waals surface area contributed by atoms with Crippen molar-refractivity contribution in [2.24, 2.45) is 0 Å². The third kappa shape index (κ3) is 2.70. The van der Waals surface area contributed by atoms with Crippen molar-refractivity contribution in [2.45, 2.75) is 32.3 Å². The van der Waals surface area contributed by atoms with Crippen LogP contribution in [-0.2, 0) is 9.53 Å². The van der Waals surface area contributed by atoms with Crippen molar-refractivity contribution in [3.05, 3.63) is 35.4 Å². The molecule has 1 aliphatic rings. The SMILES string of the molecule is CCCCNC(=O)CC1OC(=O)c2ccccc21. The molecule has 1 N–H and O–H groups in total. The fourth-order valence-electron chi connectivity index (χ4n) is 2.02. The first-order valence-corrected chi connectivity index (χ1v) is 6.29. The molecular formula is C14H17NO3. The standard InChI is InChI=1S/C14H17NO3/c1-2-3-8-15-13(16)9-12-10-6-4-5-7-11(10)14(17)18-12/h4-7,12H,2-3,8-9H2,1H3,(H,15,16). The predicted octanol–water partition coefficient (Wildman–Crippen LogP) is 2.20. The van der Waals surface area contributed by atoms with Gasteiger partial charge in [-0.15, -0.1) is 0 Å². The van der Waals surface area contributed by atoms with Crippen LogP contribution < -0.4 is 5.32 Å². The molecule has 0 spiro atoms. The summed E-state index contributed by atoms with van der Waals surface area (Å²) in [6, 6.07) is 7.21. The summed E-state index contributed by atoms with van der Waals surface area (Å²) in [5.41, 5.74) is 1.39. The van der Waals surface area contributed by atoms with Crippen LogP contribution in [0.3, 0.4) is 0 Å². The zero-order valence-corrected chi connectivity index (χ0v) is 10.4. The Morgan fingerprint density at radius 1 is 1.39 bits per heavy atom. The van der Waals surface area contributed by atoms with Crippen LogP contribution in [-0.4, -0.2) is 18.4 Å². The van der Waals surface area contributed by atoms with Gasteiger partial charge in [0, 0.05) is 12.1 Å². The van der Waals surface area contributed by atoms with Crippen molar-refractivity contribution in [2.75, 3.05) is 6.54 Å². The van der Waals surface area contributed by atoms with E-state index in [2.05, 4.69) is 12.2 Å². The van der Waals surface area contributed by atoms with Crippen molar-refractivity contribution >= 4 is 11.9 Å². The van der Waals surface area contributed by atoms with Crippen molar-refractivity contribution in [1.82, 2.24) is 5.32 Å². The first-order valence-electron chi connectivity index (χ1n) is 6.29. The summed E-state index contributed by atoms with van der Waals surface area (Å²) in [7, 11) is 0. The molecule has 0 fully saturated rings. The maximum Gasteiger partial charge on any atom is 0.339 e. The molecule has 0 bridgehead atoms. The van der Waals surface area contributed by atoms with Gasteiger partial charge in [-0.1, -0.05) is 31.5 Å². The number of hydrogen-bond acceptors (Lipinski definition) is 3. The number of ether oxygens (including phenoxy) is 1. The number of carbonyl (C=O) groups excluding carboxylic acids is 2. The smallest absolute Gasteiger partial charge is 0.339 e. The fraction of sp³-hybridized carbons (Fsp3) is 0.429. The molecular weight excluding hydrogens is 230 g/mol. The van der Waals surface area contributed by atoms with E-state index in [0.29, 0.717) is 12.1 Å². The summed E-state index contributed by atoms with van der Waals surface area (Å²) < 4.78 is 5.21. The van der Waals surface area contributed by atoms with Gasteiger partial charge in [0.05, 0.1) is 12.0 Å². The van der Waals surface area contributed by atoms with Gasteiger partial charge >= 0.3 is 5.97 Å². The average molecular weight is 247 g/mol. The number of nitrogens with one attached hydrogen (secondary N) is 1. The monoisotopic (exact) mass is 247 g/mol. The van der Waals surface area contributed by atoms with Crippen LogP contribution in [0.1, 0.15) is 48.2 Å². The number of esters is 1. The largest absolute Gasteiger partial charge is 0.453 e. The van der Waals surface area contributed by atoms with Crippen molar-refractivity contribution in [1.29, 1.82) is 0 Å². The Morgan fingerprint density at radius 2 is 2.17 bits per heavy atom. The topological polar surface area (TPSA) is 55.4 Å². The number of hydrogen-bond donors (Lipinski definition) is 1. The maximum atomic E-state index is 11.7. The lowest BCUT2D eigenvalue weighted by atomic mass is 10.0. The van der Waals surface area contributed by atoms with Crippen molar-refractivity contribution in [3.63, 3.8) is 0 Å². The first kappa shape index (κ1) is 12.6. The van der Waals surface area contributed by atoms with Gasteiger partial charge in [-0.25, -0.2) is 4.79 Å². The first-order chi connectivity index (χ1) is 8.72. The van der Waals surface area contributed by atoms with Gasteiger partial charge in [0.15, 0.2) is 0 Å². The Kier molecular flexibility index (Phi) is 3.97. The average Bonchev–Trinajstić information content (AvgIpc) is 2.67. The van der Waals surface area contributed by atoms with Crippen LogP contribution in [0.25, 0.3) is 0 Å². The third-order valence-corrected chi connectivity index (χ3v) is 3.00. The number of carbonyl (C=O) groups is 2. The highest BCUT2D eigenvalue weighted by molar-refractivity contribution is 5.94. The zero-order valence-electron chi connectivity index (χ0n) is 10.4. The molecule has 0 aliphatic carbocycles. The number of fused-ring (bicyclic) bond motifs is 1. The van der Waals surface area contributed by atoms with Crippen molar-refractivity contribution in [3.8, 4) is 0 Å². The summed E-state index contributed by atoms with van der Waals surface area (Å²) in [6.45, 7) is 2.75. The molecule has 1 aromatic rings. The molecule has 96 valence electrons. The summed E-state index contributed by atoms with van der Waals surface area (Å²) >= 11 is 0. The van der Waals surface area contributed by atoms with Crippen LogP contribution in [0, 0.1) is 0 Å². The van der Waals surface area contributed by atoms with Crippen LogP contribution in [0.2, 0.25) is 0 Å². The highest BCUT2D eigenvalue weighted by Gasteiger charge is 2.31. The minimum absolute atomic E-state index is 0.0713. The number of amides is 1. The molecule has 1 heterocycles. The Bertz CT molecular complexity index is 456. The van der Waals surface area contributed by atoms with Gasteiger partial charge < -0.3 is 10.1 Å². The van der Waals surface area contributed by atoms with E-state index in [1.54, 1.807) is 12.1 Å². The van der Waals surface area contributed by atoms with E-state index < -0.39 is 6.10 Å². The number of rotatable bonds is 5. The molecule has 4 heteroatoms. The second-order valence-electron chi connectivity index (χ2n) is 4.39. The van der Waals surface area contributed by atoms with Gasteiger partial charge in [0.1, 0.15) is 6.10 Å². The summed E-state index contributed by atoms with van der Waals surface area (Å²) in [4.78, 5) is 23.3. The lowest BCUT2D eigenvalue weighted by molar-refractivity contribution is -0.123. The summed E-state index contributed by atoms with van der Waals surface area (Å²) in [5.74, 6) is -0.407. The molecule has 1 amide bonds. The minimum atomic E-state index is -0.435. The maximum absolute atomic E-state index is 11.7. The molecule has 4 nitrogen and oxygen atoms in total. The Morgan fingerprint density at radius 3 is 2.94 bits per heavy atom. The van der Waals surface area contributed by atoms with E-state index >= 15 is 0 Å². The van der Waals surface area contributed by atoms with E-state index in [0.717, 1.165) is 18.4 Å². The predicted molar refractivity (Wildman–Crippen MR) is 67.1 cm³/mol. The summed E-state index contributed by atoms with van der Waals surface area (Å²) in [6.07, 6.45) is 1.77. The van der Waals surface area contributed by atoms with E-state index in [1.165, 1.54) is 0 Å². The second-order valence-corrected chi connectivity index (χ2v) is 4.39. The Hall–Kier alpha value is -1.84. The van der Waals surface area contributed by atoms with Crippen LogP contribution in [0.15, 0.2) is 24.3 Å². The number of unbranched alkanes of at least 4 members (excludes halogenated alkanes) is 1. The molecule has 1 aliphatic heterocycles. The van der Waals surface area contributed by atoms with E-state index in [-0.39, 0.29) is 18.3 Å². The van der Waals surface area contributed by atoms with Crippen LogP contribution >= 0.6 is 0 Å². The van der Waals surface area contributed by atoms with Crippen LogP contribution in [0.4, 0.5) is 0 Å². The molecule has 0 radical (unpaired) electrons. The lowest BCUT2D eigenvalue weighted by Gasteiger charge is -2.10. The zero-order chi connectivity index (χ0) is 13.0. The minimum Gasteiger partial charge on any atom is -0.453 e. The lowest BCUT2D eigenvalue weighted by Crippen LogP contribution is -2.26. The summed E-state index contributed by atoms with van der Waals surface area (Å²) in [5, 5.41) is 2.83. The van der Waals surface area contributed by atoms with E-state index in [4.69, 9.17) is 4.74 Å². The highest BCUT2D eigenvalue weighted by atomic mass is 16.5. The molecule has 0 saturated carbocycles. The quantitative estimate of drug-likeness (QED) is 0.641. The fourth-order valence-corrected chi connectivity index (χ4v) is 2.02. The Balaban J connectivity index is 1.96. The van der Waals surface area contributed by atoms with Crippen LogP contribution in [0.5, 0.6) is 0 Å². The Labute approximate surface area is 106 Å². The molecule has 1 aromatic carbocycles. The third-order valence-electron chi connectivity index (χ3n) is 3.00. The van der Waals surface area contributed by atoms with Gasteiger partial charge in [-0.2, -0.15) is 0 Å².